The quantitative estimate of drug-likeness (QED) is 0.213. The molecule has 0 radical (unpaired) electrons. The van der Waals surface area contributed by atoms with Gasteiger partial charge < -0.3 is 28.9 Å². The first-order valence-electron chi connectivity index (χ1n) is 13.1. The molecule has 1 aromatic carbocycles. The van der Waals surface area contributed by atoms with Crippen molar-refractivity contribution >= 4 is 42.1 Å². The lowest BCUT2D eigenvalue weighted by atomic mass is 9.83. The molecular formula is C26H35ClN5O7P. The second-order valence-corrected chi connectivity index (χ2v) is 12.3. The summed E-state index contributed by atoms with van der Waals surface area (Å²) in [4.78, 5) is 25.2. The fourth-order valence-electron chi connectivity index (χ4n) is 4.65. The van der Waals surface area contributed by atoms with Crippen LogP contribution in [0.3, 0.4) is 0 Å². The van der Waals surface area contributed by atoms with E-state index in [0.717, 1.165) is 5.56 Å². The molecule has 218 valence electrons. The second-order valence-electron chi connectivity index (χ2n) is 9.90. The van der Waals surface area contributed by atoms with Gasteiger partial charge in [0.2, 0.25) is 11.2 Å². The van der Waals surface area contributed by atoms with E-state index < -0.39 is 31.4 Å². The van der Waals surface area contributed by atoms with Crippen LogP contribution in [0.15, 0.2) is 36.7 Å². The number of ether oxygens (including phenoxy) is 2. The van der Waals surface area contributed by atoms with Gasteiger partial charge in [-0.3, -0.25) is 13.9 Å². The van der Waals surface area contributed by atoms with Crippen LogP contribution < -0.4 is 5.32 Å². The number of imidazole rings is 1. The first-order valence-corrected chi connectivity index (χ1v) is 15.5. The van der Waals surface area contributed by atoms with E-state index in [0.29, 0.717) is 30.6 Å². The van der Waals surface area contributed by atoms with Crippen molar-refractivity contribution in [3.05, 3.63) is 47.5 Å². The fourth-order valence-corrected chi connectivity index (χ4v) is 5.78. The number of halogens is 1. The number of benzene rings is 1. The van der Waals surface area contributed by atoms with E-state index in [1.165, 1.54) is 13.0 Å². The van der Waals surface area contributed by atoms with Crippen molar-refractivity contribution in [2.45, 2.75) is 58.7 Å². The number of hydrogen-bond acceptors (Lipinski definition) is 10. The molecule has 0 saturated carbocycles. The lowest BCUT2D eigenvalue weighted by molar-refractivity contribution is -0.116. The SMILES string of the molecule is CCCC(=O)Nc1nc(Cl)nc2c1ncn2[C@@H]1O[C@H](COP(C)(=O)OCC)C(O)[C@]1(C)COCc1ccccc1. The van der Waals surface area contributed by atoms with Crippen LogP contribution in [-0.2, 0) is 34.5 Å². The third-order valence-corrected chi connectivity index (χ3v) is 8.15. The minimum Gasteiger partial charge on any atom is -0.389 e. The Bertz CT molecular complexity index is 1360. The zero-order chi connectivity index (χ0) is 28.9. The Balaban J connectivity index is 1.66. The number of aliphatic hydroxyl groups is 1. The average molecular weight is 596 g/mol. The molecule has 1 saturated heterocycles. The van der Waals surface area contributed by atoms with E-state index in [1.54, 1.807) is 11.5 Å². The number of amides is 1. The molecule has 0 bridgehead atoms. The smallest absolute Gasteiger partial charge is 0.327 e. The van der Waals surface area contributed by atoms with Gasteiger partial charge in [-0.25, -0.2) is 4.98 Å². The highest BCUT2D eigenvalue weighted by Gasteiger charge is 2.55. The summed E-state index contributed by atoms with van der Waals surface area (Å²) >= 11 is 6.23. The van der Waals surface area contributed by atoms with Gasteiger partial charge in [-0.2, -0.15) is 9.97 Å². The molecule has 1 aliphatic rings. The minimum absolute atomic E-state index is 0.0925. The number of aromatic nitrogens is 4. The molecule has 3 heterocycles. The van der Waals surface area contributed by atoms with Crippen molar-refractivity contribution in [1.82, 2.24) is 19.5 Å². The van der Waals surface area contributed by atoms with Crippen LogP contribution in [0.4, 0.5) is 5.82 Å². The lowest BCUT2D eigenvalue weighted by Crippen LogP contribution is -2.42. The molecule has 2 aromatic heterocycles. The van der Waals surface area contributed by atoms with Crippen LogP contribution in [0, 0.1) is 5.41 Å². The van der Waals surface area contributed by atoms with Crippen molar-refractivity contribution in [1.29, 1.82) is 0 Å². The number of nitrogens with zero attached hydrogens (tertiary/aromatic N) is 4. The third kappa shape index (κ3) is 6.88. The van der Waals surface area contributed by atoms with Crippen molar-refractivity contribution in [3.8, 4) is 0 Å². The number of fused-ring (bicyclic) bond motifs is 1. The van der Waals surface area contributed by atoms with Crippen molar-refractivity contribution in [2.75, 3.05) is 31.8 Å². The molecule has 2 unspecified atom stereocenters. The number of aliphatic hydroxyl groups excluding tert-OH is 1. The molecule has 1 aliphatic heterocycles. The summed E-state index contributed by atoms with van der Waals surface area (Å²) in [5.41, 5.74) is 0.562. The largest absolute Gasteiger partial charge is 0.389 e. The number of hydrogen-bond donors (Lipinski definition) is 2. The van der Waals surface area contributed by atoms with Crippen molar-refractivity contribution in [2.24, 2.45) is 5.41 Å². The normalized spacial score (nSPS) is 24.3. The molecule has 1 amide bonds. The Morgan fingerprint density at radius 2 is 2.00 bits per heavy atom. The molecule has 0 aliphatic carbocycles. The number of nitrogens with one attached hydrogen (secondary N) is 1. The zero-order valence-electron chi connectivity index (χ0n) is 22.9. The molecule has 2 N–H and O–H groups in total. The highest BCUT2D eigenvalue weighted by Crippen LogP contribution is 2.49. The predicted octanol–water partition coefficient (Wildman–Crippen LogP) is 4.58. The number of anilines is 1. The van der Waals surface area contributed by atoms with Gasteiger partial charge in [-0.05, 0) is 30.5 Å². The fraction of sp³-hybridized carbons (Fsp3) is 0.538. The third-order valence-electron chi connectivity index (χ3n) is 6.64. The van der Waals surface area contributed by atoms with Gasteiger partial charge in [0, 0.05) is 13.1 Å². The van der Waals surface area contributed by atoms with E-state index >= 15 is 0 Å². The lowest BCUT2D eigenvalue weighted by Gasteiger charge is -2.33. The number of carbonyl (C=O) groups excluding carboxylic acids is 1. The Labute approximate surface area is 237 Å². The number of rotatable bonds is 13. The maximum atomic E-state index is 12.6. The van der Waals surface area contributed by atoms with E-state index in [2.05, 4.69) is 20.3 Å². The van der Waals surface area contributed by atoms with E-state index in [4.69, 9.17) is 30.1 Å². The van der Waals surface area contributed by atoms with Crippen LogP contribution in [-0.4, -0.2) is 69.2 Å². The van der Waals surface area contributed by atoms with E-state index in [1.807, 2.05) is 44.2 Å². The Morgan fingerprint density at radius 1 is 1.25 bits per heavy atom. The van der Waals surface area contributed by atoms with Gasteiger partial charge >= 0.3 is 7.60 Å². The maximum Gasteiger partial charge on any atom is 0.327 e. The van der Waals surface area contributed by atoms with Crippen LogP contribution in [0.2, 0.25) is 5.28 Å². The van der Waals surface area contributed by atoms with Crippen molar-refractivity contribution in [3.63, 3.8) is 0 Å². The summed E-state index contributed by atoms with van der Waals surface area (Å²) in [6.07, 6.45) is -0.342. The zero-order valence-corrected chi connectivity index (χ0v) is 24.6. The Kier molecular flexibility index (Phi) is 9.94. The van der Waals surface area contributed by atoms with Crippen molar-refractivity contribution < 1.29 is 33.0 Å². The van der Waals surface area contributed by atoms with Gasteiger partial charge in [0.25, 0.3) is 0 Å². The Morgan fingerprint density at radius 3 is 2.70 bits per heavy atom. The first-order chi connectivity index (χ1) is 19.1. The van der Waals surface area contributed by atoms with Gasteiger partial charge in [-0.15, -0.1) is 0 Å². The molecule has 12 nitrogen and oxygen atoms in total. The molecule has 4 rings (SSSR count). The summed E-state index contributed by atoms with van der Waals surface area (Å²) in [5.74, 6) is -0.0494. The summed E-state index contributed by atoms with van der Waals surface area (Å²) in [7, 11) is -3.35. The molecule has 14 heteroatoms. The van der Waals surface area contributed by atoms with Crippen LogP contribution >= 0.6 is 19.2 Å². The summed E-state index contributed by atoms with van der Waals surface area (Å²) < 4.78 is 37.3. The molecule has 5 atom stereocenters. The molecule has 0 spiro atoms. The van der Waals surface area contributed by atoms with Crippen LogP contribution in [0.5, 0.6) is 0 Å². The topological polar surface area (TPSA) is 147 Å². The van der Waals surface area contributed by atoms with Crippen LogP contribution in [0.25, 0.3) is 11.2 Å². The van der Waals surface area contributed by atoms with Crippen LogP contribution in [0.1, 0.15) is 45.4 Å². The van der Waals surface area contributed by atoms with E-state index in [9.17, 15) is 14.5 Å². The number of carbonyl (C=O) groups is 1. The average Bonchev–Trinajstić information content (AvgIpc) is 3.42. The molecular weight excluding hydrogens is 561 g/mol. The van der Waals surface area contributed by atoms with Gasteiger partial charge in [-0.1, -0.05) is 44.2 Å². The molecule has 1 fully saturated rings. The second kappa shape index (κ2) is 13.0. The molecule has 40 heavy (non-hydrogen) atoms. The van der Waals surface area contributed by atoms with E-state index in [-0.39, 0.29) is 36.8 Å². The standard InChI is InChI=1S/C26H35ClN5O7P/c1-5-10-19(33)29-22-20-23(31-25(27)30-22)32(16-28-20)24-26(3,15-36-13-17-11-8-7-9-12-17)21(34)18(39-24)14-38-40(4,35)37-6-2/h7-9,11-12,16,18,21,24,34H,5-6,10,13-15H2,1-4H3,(H,29,30,31,33)/t18-,21?,24-,26+,40?/m1/s1. The van der Waals surface area contributed by atoms with Gasteiger partial charge in [0.1, 0.15) is 12.3 Å². The summed E-state index contributed by atoms with van der Waals surface area (Å²) in [6.45, 7) is 7.25. The van der Waals surface area contributed by atoms with Gasteiger partial charge in [0.05, 0.1) is 44.3 Å². The first kappa shape index (κ1) is 30.5. The summed E-state index contributed by atoms with van der Waals surface area (Å²) in [5, 5.41) is 14.1. The minimum atomic E-state index is -3.35. The maximum absolute atomic E-state index is 12.6. The van der Waals surface area contributed by atoms with Gasteiger partial charge in [0.15, 0.2) is 17.0 Å². The summed E-state index contributed by atoms with van der Waals surface area (Å²) in [6, 6.07) is 9.65. The monoisotopic (exact) mass is 595 g/mol. The Hall–Kier alpha value is -2.44. The predicted molar refractivity (Wildman–Crippen MR) is 149 cm³/mol. The highest BCUT2D eigenvalue weighted by molar-refractivity contribution is 7.52. The highest BCUT2D eigenvalue weighted by atomic mass is 35.5. The molecule has 3 aromatic rings.